The molecule has 0 aliphatic heterocycles. The van der Waals surface area contributed by atoms with E-state index in [1.165, 1.54) is 0 Å². The molecule has 1 aromatic carbocycles. The molecule has 100 valence electrons. The Morgan fingerprint density at radius 1 is 1.33 bits per heavy atom. The second-order valence-corrected chi connectivity index (χ2v) is 3.62. The fraction of sp³-hybridized carbons (Fsp3) is 0.462. The Morgan fingerprint density at radius 2 is 2.11 bits per heavy atom. The third kappa shape index (κ3) is 4.25. The minimum atomic E-state index is -0.399. The molecule has 0 unspecified atom stereocenters. The predicted octanol–water partition coefficient (Wildman–Crippen LogP) is 1.14. The highest BCUT2D eigenvalue weighted by molar-refractivity contribution is 5.71. The lowest BCUT2D eigenvalue weighted by Gasteiger charge is -2.11. The lowest BCUT2D eigenvalue weighted by Crippen LogP contribution is -2.15. The third-order valence-corrected chi connectivity index (χ3v) is 2.31. The number of rotatable bonds is 7. The molecule has 1 aromatic rings. The molecule has 5 nitrogen and oxygen atoms in total. The molecule has 0 saturated carbocycles. The molecule has 5 heteroatoms. The van der Waals surface area contributed by atoms with Crippen LogP contribution in [0.4, 0.5) is 0 Å². The summed E-state index contributed by atoms with van der Waals surface area (Å²) in [7, 11) is 1.55. The summed E-state index contributed by atoms with van der Waals surface area (Å²) in [6.45, 7) is 2.52. The molecule has 0 amide bonds. The topological polar surface area (TPSA) is 70.8 Å². The van der Waals surface area contributed by atoms with Crippen molar-refractivity contribution >= 4 is 5.97 Å². The van der Waals surface area contributed by atoms with E-state index < -0.39 is 5.97 Å². The summed E-state index contributed by atoms with van der Waals surface area (Å²) in [5, 5.41) is 0. The maximum atomic E-state index is 11.2. The van der Waals surface area contributed by atoms with Crippen LogP contribution in [0.15, 0.2) is 18.2 Å². The molecule has 0 aliphatic rings. The van der Waals surface area contributed by atoms with Crippen molar-refractivity contribution in [3.63, 3.8) is 0 Å². The molecule has 18 heavy (non-hydrogen) atoms. The van der Waals surface area contributed by atoms with Crippen LogP contribution in [0.25, 0.3) is 0 Å². The largest absolute Gasteiger partial charge is 0.493 e. The standard InChI is InChI=1S/C13H19NO4/c1-3-17-13(15)9-18-12-8-10(6-7-14)4-5-11(12)16-2/h4-5,8H,3,6-7,9,14H2,1-2H3. The van der Waals surface area contributed by atoms with Crippen molar-refractivity contribution < 1.29 is 19.0 Å². The van der Waals surface area contributed by atoms with Gasteiger partial charge in [0.1, 0.15) is 0 Å². The number of hydrogen-bond donors (Lipinski definition) is 1. The highest BCUT2D eigenvalue weighted by atomic mass is 16.6. The molecule has 1 rings (SSSR count). The summed E-state index contributed by atoms with van der Waals surface area (Å²) in [5.41, 5.74) is 6.54. The van der Waals surface area contributed by atoms with Crippen LogP contribution in [-0.4, -0.2) is 32.8 Å². The number of esters is 1. The van der Waals surface area contributed by atoms with Crippen molar-refractivity contribution in [2.24, 2.45) is 5.73 Å². The zero-order valence-electron chi connectivity index (χ0n) is 10.8. The van der Waals surface area contributed by atoms with Gasteiger partial charge in [-0.05, 0) is 37.6 Å². The van der Waals surface area contributed by atoms with E-state index in [-0.39, 0.29) is 6.61 Å². The second kappa shape index (κ2) is 7.55. The number of benzene rings is 1. The maximum Gasteiger partial charge on any atom is 0.344 e. The van der Waals surface area contributed by atoms with Gasteiger partial charge in [0.15, 0.2) is 18.1 Å². The molecule has 0 aliphatic carbocycles. The van der Waals surface area contributed by atoms with Crippen LogP contribution in [0, 0.1) is 0 Å². The molecule has 0 fully saturated rings. The summed E-state index contributed by atoms with van der Waals surface area (Å²) in [6, 6.07) is 5.54. The first-order valence-electron chi connectivity index (χ1n) is 5.86. The van der Waals surface area contributed by atoms with Crippen molar-refractivity contribution in [1.82, 2.24) is 0 Å². The van der Waals surface area contributed by atoms with Gasteiger partial charge in [-0.1, -0.05) is 6.07 Å². The lowest BCUT2D eigenvalue weighted by molar-refractivity contribution is -0.145. The van der Waals surface area contributed by atoms with E-state index >= 15 is 0 Å². The monoisotopic (exact) mass is 253 g/mol. The van der Waals surface area contributed by atoms with E-state index in [2.05, 4.69) is 0 Å². The molecule has 0 heterocycles. The first-order valence-corrected chi connectivity index (χ1v) is 5.86. The third-order valence-electron chi connectivity index (χ3n) is 2.31. The molecular formula is C13H19NO4. The average molecular weight is 253 g/mol. The molecule has 0 aromatic heterocycles. The van der Waals surface area contributed by atoms with Crippen LogP contribution < -0.4 is 15.2 Å². The zero-order valence-corrected chi connectivity index (χ0v) is 10.8. The number of methoxy groups -OCH3 is 1. The van der Waals surface area contributed by atoms with Gasteiger partial charge in [-0.2, -0.15) is 0 Å². The van der Waals surface area contributed by atoms with Crippen molar-refractivity contribution in [3.05, 3.63) is 23.8 Å². The quantitative estimate of drug-likeness (QED) is 0.738. The zero-order chi connectivity index (χ0) is 13.4. The SMILES string of the molecule is CCOC(=O)COc1cc(CCN)ccc1OC. The van der Waals surface area contributed by atoms with Gasteiger partial charge in [0.25, 0.3) is 0 Å². The van der Waals surface area contributed by atoms with E-state index in [4.69, 9.17) is 19.9 Å². The van der Waals surface area contributed by atoms with Gasteiger partial charge in [-0.15, -0.1) is 0 Å². The van der Waals surface area contributed by atoms with Crippen molar-refractivity contribution in [1.29, 1.82) is 0 Å². The lowest BCUT2D eigenvalue weighted by atomic mass is 10.1. The first-order chi connectivity index (χ1) is 8.71. The number of carbonyl (C=O) groups is 1. The number of hydrogen-bond acceptors (Lipinski definition) is 5. The van der Waals surface area contributed by atoms with Crippen molar-refractivity contribution in [2.75, 3.05) is 26.9 Å². The van der Waals surface area contributed by atoms with Gasteiger partial charge in [-0.25, -0.2) is 4.79 Å². The highest BCUT2D eigenvalue weighted by Crippen LogP contribution is 2.28. The molecular weight excluding hydrogens is 234 g/mol. The minimum absolute atomic E-state index is 0.129. The summed E-state index contributed by atoms with van der Waals surface area (Å²) in [5.74, 6) is 0.709. The number of nitrogens with two attached hydrogens (primary N) is 1. The van der Waals surface area contributed by atoms with E-state index in [0.29, 0.717) is 24.7 Å². The van der Waals surface area contributed by atoms with E-state index in [9.17, 15) is 4.79 Å². The van der Waals surface area contributed by atoms with Gasteiger partial charge in [-0.3, -0.25) is 0 Å². The van der Waals surface area contributed by atoms with Gasteiger partial charge < -0.3 is 19.9 Å². The average Bonchev–Trinajstić information content (AvgIpc) is 2.37. The Kier molecular flexibility index (Phi) is 6.00. The number of carbonyl (C=O) groups excluding carboxylic acids is 1. The maximum absolute atomic E-state index is 11.2. The Hall–Kier alpha value is -1.75. The smallest absolute Gasteiger partial charge is 0.344 e. The van der Waals surface area contributed by atoms with Crippen LogP contribution in [0.5, 0.6) is 11.5 Å². The Labute approximate surface area is 107 Å². The van der Waals surface area contributed by atoms with E-state index in [1.807, 2.05) is 12.1 Å². The van der Waals surface area contributed by atoms with Gasteiger partial charge >= 0.3 is 5.97 Å². The van der Waals surface area contributed by atoms with E-state index in [1.54, 1.807) is 20.1 Å². The molecule has 0 radical (unpaired) electrons. The Bertz CT molecular complexity index is 393. The molecule has 0 bridgehead atoms. The van der Waals surface area contributed by atoms with Crippen molar-refractivity contribution in [3.8, 4) is 11.5 Å². The van der Waals surface area contributed by atoms with Crippen LogP contribution in [-0.2, 0) is 16.0 Å². The highest BCUT2D eigenvalue weighted by Gasteiger charge is 2.09. The van der Waals surface area contributed by atoms with Crippen molar-refractivity contribution in [2.45, 2.75) is 13.3 Å². The Balaban J connectivity index is 2.71. The molecule has 0 spiro atoms. The predicted molar refractivity (Wildman–Crippen MR) is 67.9 cm³/mol. The number of ether oxygens (including phenoxy) is 3. The fourth-order valence-corrected chi connectivity index (χ4v) is 1.50. The minimum Gasteiger partial charge on any atom is -0.493 e. The van der Waals surface area contributed by atoms with Crippen LogP contribution in [0.2, 0.25) is 0 Å². The van der Waals surface area contributed by atoms with Crippen LogP contribution in [0.3, 0.4) is 0 Å². The fourth-order valence-electron chi connectivity index (χ4n) is 1.50. The molecule has 2 N–H and O–H groups in total. The van der Waals surface area contributed by atoms with Gasteiger partial charge in [0, 0.05) is 0 Å². The molecule has 0 saturated heterocycles. The van der Waals surface area contributed by atoms with Gasteiger partial charge in [0.2, 0.25) is 0 Å². The summed E-state index contributed by atoms with van der Waals surface area (Å²) in [6.07, 6.45) is 0.750. The second-order valence-electron chi connectivity index (χ2n) is 3.62. The summed E-state index contributed by atoms with van der Waals surface area (Å²) in [4.78, 5) is 11.2. The Morgan fingerprint density at radius 3 is 2.72 bits per heavy atom. The normalized spacial score (nSPS) is 9.94. The van der Waals surface area contributed by atoms with E-state index in [0.717, 1.165) is 12.0 Å². The van der Waals surface area contributed by atoms with Gasteiger partial charge in [0.05, 0.1) is 13.7 Å². The first kappa shape index (κ1) is 14.3. The summed E-state index contributed by atoms with van der Waals surface area (Å²) < 4.78 is 15.3. The molecule has 0 atom stereocenters. The summed E-state index contributed by atoms with van der Waals surface area (Å²) >= 11 is 0. The van der Waals surface area contributed by atoms with Crippen LogP contribution >= 0.6 is 0 Å². The van der Waals surface area contributed by atoms with Crippen LogP contribution in [0.1, 0.15) is 12.5 Å².